The zero-order chi connectivity index (χ0) is 44.1. The number of phenols is 1. The zero-order valence-corrected chi connectivity index (χ0v) is 36.3. The first-order valence-corrected chi connectivity index (χ1v) is 21.8. The molecule has 6 heterocycles. The molecular weight excluding hydrogens is 814 g/mol. The lowest BCUT2D eigenvalue weighted by Crippen LogP contribution is -2.46. The van der Waals surface area contributed by atoms with Gasteiger partial charge in [-0.3, -0.25) is 15.2 Å². The lowest BCUT2D eigenvalue weighted by Gasteiger charge is -2.37. The smallest absolute Gasteiger partial charge is 0.269 e. The van der Waals surface area contributed by atoms with Crippen LogP contribution in [0.3, 0.4) is 0 Å². The molecule has 7 aromatic rings. The van der Waals surface area contributed by atoms with Crippen molar-refractivity contribution in [1.82, 2.24) is 35.7 Å². The van der Waals surface area contributed by atoms with E-state index in [-0.39, 0.29) is 29.3 Å². The van der Waals surface area contributed by atoms with Gasteiger partial charge in [-0.15, -0.1) is 0 Å². The Labute approximate surface area is 369 Å². The number of aromatic nitrogens is 5. The largest absolute Gasteiger partial charge is 0.508 e. The van der Waals surface area contributed by atoms with Gasteiger partial charge in [0, 0.05) is 68.4 Å². The molecule has 0 radical (unpaired) electrons. The number of nitrogens with one attached hydrogen (secondary N) is 2. The highest BCUT2D eigenvalue weighted by Crippen LogP contribution is 2.40. The number of morpholine rings is 2. The van der Waals surface area contributed by atoms with Crippen molar-refractivity contribution in [2.45, 2.75) is 32.9 Å². The summed E-state index contributed by atoms with van der Waals surface area (Å²) in [5, 5.41) is 18.5. The normalized spacial score (nSPS) is 18.2. The molecule has 0 saturated carbocycles. The molecule has 3 aliphatic heterocycles. The summed E-state index contributed by atoms with van der Waals surface area (Å²) < 4.78 is 28.7. The Bertz CT molecular complexity index is 2930. The van der Waals surface area contributed by atoms with Crippen molar-refractivity contribution in [2.75, 3.05) is 92.5 Å². The molecule has 0 spiro atoms. The molecular formula is C48H50FN11O4. The molecule has 10 rings (SSSR count). The number of hydrogen-bond acceptors (Lipinski definition) is 14. The van der Waals surface area contributed by atoms with Crippen LogP contribution in [0.25, 0.3) is 55.1 Å². The first-order valence-electron chi connectivity index (χ1n) is 21.8. The number of amides is 1. The number of aromatic hydroxyl groups is 1. The average Bonchev–Trinajstić information content (AvgIpc) is 3.31. The van der Waals surface area contributed by atoms with Gasteiger partial charge in [0.05, 0.1) is 49.6 Å². The predicted octanol–water partition coefficient (Wildman–Crippen LogP) is 6.25. The number of carbonyl (C=O) groups is 1. The topological polar surface area (TPSA) is 157 Å². The minimum Gasteiger partial charge on any atom is -0.508 e. The van der Waals surface area contributed by atoms with E-state index < -0.39 is 11.7 Å². The molecule has 3 aromatic heterocycles. The molecule has 15 nitrogen and oxygen atoms in total. The molecule has 0 bridgehead atoms. The van der Waals surface area contributed by atoms with Gasteiger partial charge in [-0.1, -0.05) is 36.4 Å². The molecule has 3 saturated heterocycles. The summed E-state index contributed by atoms with van der Waals surface area (Å²) in [5.74, 6) is 1.20. The first kappa shape index (κ1) is 41.3. The molecule has 2 atom stereocenters. The fraction of sp³-hybridized carbons (Fsp3) is 0.333. The maximum Gasteiger partial charge on any atom is 0.269 e. The van der Waals surface area contributed by atoms with E-state index in [0.29, 0.717) is 103 Å². The van der Waals surface area contributed by atoms with E-state index >= 15 is 4.39 Å². The number of fused-ring (bicyclic) bond motifs is 3. The van der Waals surface area contributed by atoms with Crippen molar-refractivity contribution in [3.8, 4) is 28.1 Å². The highest BCUT2D eigenvalue weighted by molar-refractivity contribution is 6.03. The van der Waals surface area contributed by atoms with E-state index in [2.05, 4.69) is 39.3 Å². The van der Waals surface area contributed by atoms with Gasteiger partial charge >= 0.3 is 0 Å². The average molecular weight is 864 g/mol. The second kappa shape index (κ2) is 17.1. The molecule has 0 unspecified atom stereocenters. The summed E-state index contributed by atoms with van der Waals surface area (Å²) in [6, 6.07) is 24.2. The number of benzene rings is 4. The third-order valence-electron chi connectivity index (χ3n) is 12.4. The number of ether oxygens (including phenoxy) is 2. The van der Waals surface area contributed by atoms with Gasteiger partial charge in [-0.05, 0) is 85.1 Å². The van der Waals surface area contributed by atoms with E-state index in [1.807, 2.05) is 61.5 Å². The lowest BCUT2D eigenvalue weighted by molar-refractivity contribution is 0.0950. The maximum atomic E-state index is 17.2. The minimum absolute atomic E-state index is 0.0366. The molecule has 1 amide bonds. The number of anilines is 4. The van der Waals surface area contributed by atoms with Crippen molar-refractivity contribution < 1.29 is 23.8 Å². The zero-order valence-electron chi connectivity index (χ0n) is 36.3. The number of aryl methyl sites for hydroxylation is 1. The fourth-order valence-corrected chi connectivity index (χ4v) is 9.07. The van der Waals surface area contributed by atoms with Gasteiger partial charge < -0.3 is 34.6 Å². The SMILES string of the molecule is Cc1cc2c(N3CCNCC3)nc(N(C)NC(=O)c3cccc(-c4ccc5c(N6CCOC[C@H]6C)nc(N6CCOC[C@H]6C)nc5n4)c3)nc2c(F)c1-c1cc(O)cc2ccccc12. The number of hydrazine groups is 1. The Morgan fingerprint density at radius 1 is 0.812 bits per heavy atom. The molecule has 3 fully saturated rings. The number of pyridine rings is 1. The Kier molecular flexibility index (Phi) is 11.0. The molecule has 64 heavy (non-hydrogen) atoms. The number of piperazine rings is 1. The van der Waals surface area contributed by atoms with E-state index in [1.165, 1.54) is 5.01 Å². The van der Waals surface area contributed by atoms with Gasteiger partial charge in [0.1, 0.15) is 22.9 Å². The fourth-order valence-electron chi connectivity index (χ4n) is 9.07. The van der Waals surface area contributed by atoms with Gasteiger partial charge in [0.2, 0.25) is 11.9 Å². The highest BCUT2D eigenvalue weighted by Gasteiger charge is 2.29. The standard InChI is InChI=1S/C48H50FN11O4/c1-28-22-38-42(41(49)40(28)37-25-34(61)24-31-8-5-6-11-35(31)37)52-47(54-44(38)58-16-14-50-15-17-58)57(4)56-46(62)33-10-7-9-32(23-33)39-13-12-36-43(51-39)53-48(60-19-21-64-27-30(60)3)55-45(36)59-18-20-63-26-29(59)2/h5-13,22-25,29-30,50,61H,14-21,26-27H2,1-4H3,(H,56,62)/t29-,30-/m1/s1. The van der Waals surface area contributed by atoms with E-state index in [4.69, 9.17) is 34.4 Å². The van der Waals surface area contributed by atoms with Crippen molar-refractivity contribution in [3.63, 3.8) is 0 Å². The van der Waals surface area contributed by atoms with Gasteiger partial charge in [-0.25, -0.2) is 14.4 Å². The Morgan fingerprint density at radius 2 is 1.58 bits per heavy atom. The predicted molar refractivity (Wildman–Crippen MR) is 248 cm³/mol. The van der Waals surface area contributed by atoms with Crippen molar-refractivity contribution in [1.29, 1.82) is 0 Å². The van der Waals surface area contributed by atoms with Gasteiger partial charge in [0.25, 0.3) is 5.91 Å². The van der Waals surface area contributed by atoms with Crippen molar-refractivity contribution in [3.05, 3.63) is 95.8 Å². The van der Waals surface area contributed by atoms with Crippen LogP contribution < -0.4 is 30.5 Å². The van der Waals surface area contributed by atoms with Crippen LogP contribution in [0.4, 0.5) is 27.9 Å². The second-order valence-electron chi connectivity index (χ2n) is 16.8. The maximum absolute atomic E-state index is 17.2. The first-order chi connectivity index (χ1) is 31.1. The van der Waals surface area contributed by atoms with E-state index in [1.54, 1.807) is 31.3 Å². The number of nitrogens with zero attached hydrogens (tertiary/aromatic N) is 9. The number of phenolic OH excluding ortho intramolecular Hbond substituents is 1. The molecule has 0 aliphatic carbocycles. The summed E-state index contributed by atoms with van der Waals surface area (Å²) in [7, 11) is 1.64. The van der Waals surface area contributed by atoms with Crippen LogP contribution in [0, 0.1) is 12.7 Å². The highest BCUT2D eigenvalue weighted by atomic mass is 19.1. The quantitative estimate of drug-likeness (QED) is 0.147. The summed E-state index contributed by atoms with van der Waals surface area (Å²) >= 11 is 0. The summed E-state index contributed by atoms with van der Waals surface area (Å²) in [5.41, 5.74) is 6.93. The molecule has 328 valence electrons. The third kappa shape index (κ3) is 7.71. The Balaban J connectivity index is 0.989. The number of carbonyl (C=O) groups excluding carboxylic acids is 1. The summed E-state index contributed by atoms with van der Waals surface area (Å²) in [6.07, 6.45) is 0. The van der Waals surface area contributed by atoms with Crippen LogP contribution in [0.2, 0.25) is 0 Å². The van der Waals surface area contributed by atoms with Crippen LogP contribution >= 0.6 is 0 Å². The molecule has 16 heteroatoms. The molecule has 3 aliphatic rings. The minimum atomic E-state index is -0.537. The van der Waals surface area contributed by atoms with E-state index in [0.717, 1.165) is 40.6 Å². The Hall–Kier alpha value is -6.75. The molecule has 4 aromatic carbocycles. The molecule has 3 N–H and O–H groups in total. The third-order valence-corrected chi connectivity index (χ3v) is 12.4. The van der Waals surface area contributed by atoms with Gasteiger partial charge in [0.15, 0.2) is 11.5 Å². The number of hydrogen-bond donors (Lipinski definition) is 3. The van der Waals surface area contributed by atoms with Crippen LogP contribution in [0.1, 0.15) is 29.8 Å². The summed E-state index contributed by atoms with van der Waals surface area (Å²) in [6.45, 7) is 12.6. The monoisotopic (exact) mass is 863 g/mol. The van der Waals surface area contributed by atoms with Crippen molar-refractivity contribution >= 4 is 62.1 Å². The van der Waals surface area contributed by atoms with Crippen LogP contribution in [-0.2, 0) is 9.47 Å². The number of rotatable bonds is 8. The van der Waals surface area contributed by atoms with Crippen LogP contribution in [-0.4, -0.2) is 121 Å². The van der Waals surface area contributed by atoms with E-state index in [9.17, 15) is 9.90 Å². The summed E-state index contributed by atoms with van der Waals surface area (Å²) in [4.78, 5) is 45.6. The number of halogens is 1. The van der Waals surface area contributed by atoms with Crippen LogP contribution in [0.15, 0.2) is 78.9 Å². The Morgan fingerprint density at radius 3 is 2.36 bits per heavy atom. The van der Waals surface area contributed by atoms with Crippen LogP contribution in [0.5, 0.6) is 5.75 Å². The van der Waals surface area contributed by atoms with Gasteiger partial charge in [-0.2, -0.15) is 15.0 Å². The van der Waals surface area contributed by atoms with Crippen molar-refractivity contribution in [2.24, 2.45) is 0 Å². The lowest BCUT2D eigenvalue weighted by atomic mass is 9.93. The second-order valence-corrected chi connectivity index (χ2v) is 16.8.